The van der Waals surface area contributed by atoms with Crippen molar-refractivity contribution in [3.05, 3.63) is 95.3 Å². The lowest BCUT2D eigenvalue weighted by atomic mass is 10.2. The zero-order chi connectivity index (χ0) is 20.1. The molecule has 144 valence electrons. The number of anilines is 1. The van der Waals surface area contributed by atoms with Gasteiger partial charge in [0.25, 0.3) is 5.91 Å². The second-order valence-electron chi connectivity index (χ2n) is 6.30. The van der Waals surface area contributed by atoms with Crippen molar-refractivity contribution in [2.75, 3.05) is 5.32 Å². The molecule has 0 saturated carbocycles. The molecular weight excluding hydrogens is 379 g/mol. The van der Waals surface area contributed by atoms with Crippen LogP contribution in [0.1, 0.15) is 21.5 Å². The molecule has 0 aromatic heterocycles. The summed E-state index contributed by atoms with van der Waals surface area (Å²) in [6.45, 7) is 2.14. The van der Waals surface area contributed by atoms with Gasteiger partial charge in [-0.1, -0.05) is 29.8 Å². The Bertz CT molecular complexity index is 1060. The molecule has 3 rings (SSSR count). The van der Waals surface area contributed by atoms with Crippen LogP contribution in [0.2, 0.25) is 0 Å². The van der Waals surface area contributed by atoms with E-state index in [4.69, 9.17) is 0 Å². The van der Waals surface area contributed by atoms with Crippen molar-refractivity contribution in [2.45, 2.75) is 18.4 Å². The Balaban J connectivity index is 1.65. The average Bonchev–Trinajstić information content (AvgIpc) is 2.69. The van der Waals surface area contributed by atoms with Gasteiger partial charge >= 0.3 is 0 Å². The number of carbonyl (C=O) groups excluding carboxylic acids is 1. The van der Waals surface area contributed by atoms with Crippen molar-refractivity contribution in [3.63, 3.8) is 0 Å². The molecule has 0 aliphatic carbocycles. The number of hydrogen-bond donors (Lipinski definition) is 2. The van der Waals surface area contributed by atoms with Gasteiger partial charge in [-0.25, -0.2) is 17.5 Å². The Morgan fingerprint density at radius 3 is 2.11 bits per heavy atom. The van der Waals surface area contributed by atoms with Crippen LogP contribution in [0.4, 0.5) is 10.1 Å². The summed E-state index contributed by atoms with van der Waals surface area (Å²) < 4.78 is 40.3. The van der Waals surface area contributed by atoms with Gasteiger partial charge in [0.1, 0.15) is 5.82 Å². The van der Waals surface area contributed by atoms with Gasteiger partial charge in [-0.2, -0.15) is 0 Å². The smallest absolute Gasteiger partial charge is 0.255 e. The molecule has 5 nitrogen and oxygen atoms in total. The van der Waals surface area contributed by atoms with E-state index in [2.05, 4.69) is 10.0 Å². The lowest BCUT2D eigenvalue weighted by Gasteiger charge is -2.09. The number of nitrogens with one attached hydrogen (secondary N) is 2. The minimum absolute atomic E-state index is 0.0675. The molecule has 0 heterocycles. The van der Waals surface area contributed by atoms with E-state index in [1.807, 2.05) is 31.2 Å². The first-order chi connectivity index (χ1) is 13.3. The number of carbonyl (C=O) groups is 1. The molecule has 2 N–H and O–H groups in total. The monoisotopic (exact) mass is 398 g/mol. The summed E-state index contributed by atoms with van der Waals surface area (Å²) in [5.41, 5.74) is 2.69. The normalized spacial score (nSPS) is 11.2. The van der Waals surface area contributed by atoms with Gasteiger partial charge in [-0.15, -0.1) is 0 Å². The topological polar surface area (TPSA) is 75.3 Å². The number of amides is 1. The molecule has 28 heavy (non-hydrogen) atoms. The molecule has 0 fully saturated rings. The SMILES string of the molecule is Cc1ccc(CNS(=O)(=O)c2ccc(C(=O)Nc3ccc(F)cc3)cc2)cc1. The molecule has 3 aromatic carbocycles. The quantitative estimate of drug-likeness (QED) is 0.662. The number of rotatable bonds is 6. The van der Waals surface area contributed by atoms with Crippen LogP contribution >= 0.6 is 0 Å². The van der Waals surface area contributed by atoms with Gasteiger partial charge in [0.2, 0.25) is 10.0 Å². The van der Waals surface area contributed by atoms with Crippen LogP contribution in [0, 0.1) is 12.7 Å². The number of sulfonamides is 1. The largest absolute Gasteiger partial charge is 0.322 e. The summed E-state index contributed by atoms with van der Waals surface area (Å²) in [6.07, 6.45) is 0. The maximum atomic E-state index is 12.9. The van der Waals surface area contributed by atoms with Crippen LogP contribution in [-0.4, -0.2) is 14.3 Å². The maximum Gasteiger partial charge on any atom is 0.255 e. The van der Waals surface area contributed by atoms with E-state index in [1.165, 1.54) is 48.5 Å². The molecule has 0 atom stereocenters. The van der Waals surface area contributed by atoms with Crippen LogP contribution in [-0.2, 0) is 16.6 Å². The Hall–Kier alpha value is -3.03. The highest BCUT2D eigenvalue weighted by molar-refractivity contribution is 7.89. The highest BCUT2D eigenvalue weighted by Crippen LogP contribution is 2.14. The second-order valence-corrected chi connectivity index (χ2v) is 8.06. The molecule has 1 amide bonds. The first kappa shape index (κ1) is 19.7. The van der Waals surface area contributed by atoms with Gasteiger partial charge in [-0.3, -0.25) is 4.79 Å². The number of benzene rings is 3. The fourth-order valence-corrected chi connectivity index (χ4v) is 3.51. The van der Waals surface area contributed by atoms with Crippen LogP contribution in [0.3, 0.4) is 0 Å². The standard InChI is InChI=1S/C21H19FN2O3S/c1-15-2-4-16(5-3-15)14-23-28(26,27)20-12-6-17(7-13-20)21(25)24-19-10-8-18(22)9-11-19/h2-13,23H,14H2,1H3,(H,24,25). The molecule has 0 bridgehead atoms. The average molecular weight is 398 g/mol. The van der Waals surface area contributed by atoms with Crippen LogP contribution in [0.15, 0.2) is 77.7 Å². The van der Waals surface area contributed by atoms with E-state index in [1.54, 1.807) is 0 Å². The van der Waals surface area contributed by atoms with Gasteiger partial charge < -0.3 is 5.32 Å². The van der Waals surface area contributed by atoms with Crippen LogP contribution in [0.5, 0.6) is 0 Å². The van der Waals surface area contributed by atoms with Crippen LogP contribution < -0.4 is 10.0 Å². The third-order valence-corrected chi connectivity index (χ3v) is 5.53. The molecule has 0 aliphatic rings. The number of hydrogen-bond acceptors (Lipinski definition) is 3. The third kappa shape index (κ3) is 5.03. The summed E-state index contributed by atoms with van der Waals surface area (Å²) in [5, 5.41) is 2.62. The van der Waals surface area contributed by atoms with E-state index in [-0.39, 0.29) is 11.4 Å². The van der Waals surface area contributed by atoms with Gasteiger partial charge in [-0.05, 0) is 61.0 Å². The molecule has 3 aromatic rings. The number of halogens is 1. The molecule has 7 heteroatoms. The van der Waals surface area contributed by atoms with E-state index in [0.717, 1.165) is 11.1 Å². The lowest BCUT2D eigenvalue weighted by molar-refractivity contribution is 0.102. The predicted octanol–water partition coefficient (Wildman–Crippen LogP) is 3.86. The van der Waals surface area contributed by atoms with Gasteiger partial charge in [0.15, 0.2) is 0 Å². The molecular formula is C21H19FN2O3S. The third-order valence-electron chi connectivity index (χ3n) is 4.12. The van der Waals surface area contributed by atoms with Crippen molar-refractivity contribution in [2.24, 2.45) is 0 Å². The van der Waals surface area contributed by atoms with Crippen molar-refractivity contribution >= 4 is 21.6 Å². The summed E-state index contributed by atoms with van der Waals surface area (Å²) in [7, 11) is -3.70. The van der Waals surface area contributed by atoms with E-state index >= 15 is 0 Å². The molecule has 0 radical (unpaired) electrons. The van der Waals surface area contributed by atoms with Crippen molar-refractivity contribution in [3.8, 4) is 0 Å². The van der Waals surface area contributed by atoms with Gasteiger partial charge in [0.05, 0.1) is 4.90 Å². The minimum atomic E-state index is -3.70. The maximum absolute atomic E-state index is 12.9. The zero-order valence-electron chi connectivity index (χ0n) is 15.1. The fraction of sp³-hybridized carbons (Fsp3) is 0.0952. The van der Waals surface area contributed by atoms with E-state index < -0.39 is 21.7 Å². The Kier molecular flexibility index (Phi) is 5.87. The summed E-state index contributed by atoms with van der Waals surface area (Å²) in [4.78, 5) is 12.3. The van der Waals surface area contributed by atoms with E-state index in [0.29, 0.717) is 11.3 Å². The minimum Gasteiger partial charge on any atom is -0.322 e. The lowest BCUT2D eigenvalue weighted by Crippen LogP contribution is -2.23. The molecule has 0 unspecified atom stereocenters. The highest BCUT2D eigenvalue weighted by Gasteiger charge is 2.15. The summed E-state index contributed by atoms with van der Waals surface area (Å²) in [6, 6.07) is 18.5. The summed E-state index contributed by atoms with van der Waals surface area (Å²) >= 11 is 0. The predicted molar refractivity (Wildman–Crippen MR) is 106 cm³/mol. The first-order valence-corrected chi connectivity index (χ1v) is 10.0. The van der Waals surface area contributed by atoms with Crippen molar-refractivity contribution < 1.29 is 17.6 Å². The van der Waals surface area contributed by atoms with Crippen LogP contribution in [0.25, 0.3) is 0 Å². The molecule has 0 spiro atoms. The summed E-state index contributed by atoms with van der Waals surface area (Å²) in [5.74, 6) is -0.811. The fourth-order valence-electron chi connectivity index (χ4n) is 2.49. The zero-order valence-corrected chi connectivity index (χ0v) is 16.0. The van der Waals surface area contributed by atoms with Crippen molar-refractivity contribution in [1.29, 1.82) is 0 Å². The molecule has 0 saturated heterocycles. The Labute approximate surface area is 163 Å². The number of aryl methyl sites for hydroxylation is 1. The van der Waals surface area contributed by atoms with Gasteiger partial charge in [0, 0.05) is 17.8 Å². The Morgan fingerprint density at radius 1 is 0.893 bits per heavy atom. The second kappa shape index (κ2) is 8.33. The molecule has 0 aliphatic heterocycles. The Morgan fingerprint density at radius 2 is 1.50 bits per heavy atom. The van der Waals surface area contributed by atoms with E-state index in [9.17, 15) is 17.6 Å². The first-order valence-electron chi connectivity index (χ1n) is 8.56. The highest BCUT2D eigenvalue weighted by atomic mass is 32.2. The van der Waals surface area contributed by atoms with Crippen molar-refractivity contribution in [1.82, 2.24) is 4.72 Å².